The van der Waals surface area contributed by atoms with Crippen LogP contribution in [0.15, 0.2) is 71.6 Å². The number of benzene rings is 3. The molecule has 3 aromatic carbocycles. The minimum absolute atomic E-state index is 0.0269. The number of hydrogen-bond donors (Lipinski definition) is 1. The highest BCUT2D eigenvalue weighted by Gasteiger charge is 2.32. The first-order valence-electron chi connectivity index (χ1n) is 10.6. The number of rotatable bonds is 7. The van der Waals surface area contributed by atoms with Crippen LogP contribution in [0.5, 0.6) is 0 Å². The lowest BCUT2D eigenvalue weighted by atomic mass is 10.0. The van der Waals surface area contributed by atoms with Gasteiger partial charge in [0.05, 0.1) is 26.9 Å². The van der Waals surface area contributed by atoms with E-state index in [-0.39, 0.29) is 27.2 Å². The van der Waals surface area contributed by atoms with Crippen LogP contribution < -0.4 is 9.62 Å². The number of carbonyl (C=O) groups excluding carboxylic acids is 1. The molecule has 0 aliphatic heterocycles. The molecular formula is C25H24ClF3N2O3S. The molecule has 0 radical (unpaired) electrons. The molecule has 0 saturated carbocycles. The third-order valence-electron chi connectivity index (χ3n) is 5.31. The first kappa shape index (κ1) is 26.6. The van der Waals surface area contributed by atoms with Crippen molar-refractivity contribution in [2.24, 2.45) is 0 Å². The Bertz CT molecular complexity index is 1310. The highest BCUT2D eigenvalue weighted by atomic mass is 35.5. The highest BCUT2D eigenvalue weighted by Crippen LogP contribution is 2.34. The molecule has 0 bridgehead atoms. The van der Waals surface area contributed by atoms with Crippen molar-refractivity contribution in [1.82, 2.24) is 0 Å². The summed E-state index contributed by atoms with van der Waals surface area (Å²) in [6.45, 7) is 5.11. The Hall–Kier alpha value is -3.04. The van der Waals surface area contributed by atoms with Gasteiger partial charge in [-0.25, -0.2) is 8.42 Å². The summed E-state index contributed by atoms with van der Waals surface area (Å²) in [4.78, 5) is 12.8. The van der Waals surface area contributed by atoms with Gasteiger partial charge in [0.25, 0.3) is 10.0 Å². The van der Waals surface area contributed by atoms with Crippen LogP contribution in [0.1, 0.15) is 36.5 Å². The van der Waals surface area contributed by atoms with Gasteiger partial charge in [0, 0.05) is 0 Å². The monoisotopic (exact) mass is 524 g/mol. The summed E-state index contributed by atoms with van der Waals surface area (Å²) >= 11 is 5.98. The molecule has 1 amide bonds. The Morgan fingerprint density at radius 1 is 1.00 bits per heavy atom. The topological polar surface area (TPSA) is 66.5 Å². The summed E-state index contributed by atoms with van der Waals surface area (Å²) < 4.78 is 67.1. The van der Waals surface area contributed by atoms with Crippen molar-refractivity contribution in [3.05, 3.63) is 88.4 Å². The largest absolute Gasteiger partial charge is 0.416 e. The Labute approximate surface area is 207 Å². The van der Waals surface area contributed by atoms with E-state index in [1.54, 1.807) is 36.4 Å². The van der Waals surface area contributed by atoms with Crippen LogP contribution in [0.2, 0.25) is 5.02 Å². The van der Waals surface area contributed by atoms with Crippen molar-refractivity contribution in [1.29, 1.82) is 0 Å². The quantitative estimate of drug-likeness (QED) is 0.377. The number of anilines is 2. The van der Waals surface area contributed by atoms with E-state index in [1.165, 1.54) is 12.1 Å². The molecule has 0 atom stereocenters. The minimum atomic E-state index is -4.64. The first-order chi connectivity index (χ1) is 16.3. The normalized spacial score (nSPS) is 12.0. The van der Waals surface area contributed by atoms with E-state index < -0.39 is 34.2 Å². The van der Waals surface area contributed by atoms with E-state index in [0.29, 0.717) is 6.07 Å². The molecule has 0 fully saturated rings. The van der Waals surface area contributed by atoms with Crippen molar-refractivity contribution in [2.45, 2.75) is 37.8 Å². The maximum Gasteiger partial charge on any atom is 0.416 e. The number of amides is 1. The van der Waals surface area contributed by atoms with Gasteiger partial charge in [-0.15, -0.1) is 0 Å². The van der Waals surface area contributed by atoms with E-state index in [1.807, 2.05) is 20.8 Å². The van der Waals surface area contributed by atoms with Gasteiger partial charge >= 0.3 is 6.18 Å². The summed E-state index contributed by atoms with van der Waals surface area (Å²) in [5, 5.41) is 2.20. The van der Waals surface area contributed by atoms with Crippen LogP contribution in [-0.4, -0.2) is 20.9 Å². The number of hydrogen-bond acceptors (Lipinski definition) is 3. The lowest BCUT2D eigenvalue weighted by Crippen LogP contribution is -2.38. The molecule has 186 valence electrons. The van der Waals surface area contributed by atoms with E-state index in [9.17, 15) is 26.4 Å². The van der Waals surface area contributed by atoms with Crippen molar-refractivity contribution in [3.63, 3.8) is 0 Å². The zero-order valence-corrected chi connectivity index (χ0v) is 20.8. The molecule has 0 spiro atoms. The maximum absolute atomic E-state index is 13.5. The summed E-state index contributed by atoms with van der Waals surface area (Å²) in [7, 11) is -4.17. The van der Waals surface area contributed by atoms with Crippen LogP contribution in [0.4, 0.5) is 24.5 Å². The van der Waals surface area contributed by atoms with Crippen LogP contribution in [0, 0.1) is 6.92 Å². The van der Waals surface area contributed by atoms with Gasteiger partial charge < -0.3 is 5.32 Å². The SMILES string of the molecule is Cc1ccc(S(=O)(=O)N(CC(=O)Nc2cc(C(F)(F)F)ccc2Cl)c2ccc(C(C)C)cc2)cc1. The third-order valence-corrected chi connectivity index (χ3v) is 7.43. The van der Waals surface area contributed by atoms with E-state index in [2.05, 4.69) is 5.32 Å². The predicted octanol–water partition coefficient (Wildman–Crippen LogP) is 6.62. The van der Waals surface area contributed by atoms with Crippen LogP contribution in [0.3, 0.4) is 0 Å². The molecule has 0 unspecified atom stereocenters. The lowest BCUT2D eigenvalue weighted by molar-refractivity contribution is -0.137. The number of nitrogens with zero attached hydrogens (tertiary/aromatic N) is 1. The van der Waals surface area contributed by atoms with Gasteiger partial charge in [0.2, 0.25) is 5.91 Å². The van der Waals surface area contributed by atoms with Crippen LogP contribution in [-0.2, 0) is 21.0 Å². The number of nitrogens with one attached hydrogen (secondary N) is 1. The molecule has 3 aromatic rings. The second-order valence-corrected chi connectivity index (χ2v) is 10.6. The highest BCUT2D eigenvalue weighted by molar-refractivity contribution is 7.92. The summed E-state index contributed by atoms with van der Waals surface area (Å²) in [6, 6.07) is 15.4. The van der Waals surface area contributed by atoms with Crippen molar-refractivity contribution >= 4 is 38.9 Å². The summed E-state index contributed by atoms with van der Waals surface area (Å²) in [5.41, 5.74) is 0.801. The molecule has 1 N–H and O–H groups in total. The van der Waals surface area contributed by atoms with Gasteiger partial charge in [0.1, 0.15) is 6.54 Å². The molecule has 5 nitrogen and oxygen atoms in total. The molecule has 0 aliphatic rings. The fourth-order valence-corrected chi connectivity index (χ4v) is 4.88. The van der Waals surface area contributed by atoms with Crippen molar-refractivity contribution in [2.75, 3.05) is 16.2 Å². The second-order valence-electron chi connectivity index (χ2n) is 8.31. The molecule has 0 aliphatic carbocycles. The zero-order valence-electron chi connectivity index (χ0n) is 19.2. The molecule has 3 rings (SSSR count). The number of aryl methyl sites for hydroxylation is 1. The Kier molecular flexibility index (Phi) is 7.81. The van der Waals surface area contributed by atoms with E-state index in [0.717, 1.165) is 27.6 Å². The van der Waals surface area contributed by atoms with Gasteiger partial charge in [0.15, 0.2) is 0 Å². The van der Waals surface area contributed by atoms with Crippen molar-refractivity contribution in [3.8, 4) is 0 Å². The number of alkyl halides is 3. The lowest BCUT2D eigenvalue weighted by Gasteiger charge is -2.25. The number of halogens is 4. The minimum Gasteiger partial charge on any atom is -0.323 e. The van der Waals surface area contributed by atoms with Crippen LogP contribution in [0.25, 0.3) is 0 Å². The molecule has 35 heavy (non-hydrogen) atoms. The van der Waals surface area contributed by atoms with Gasteiger partial charge in [-0.1, -0.05) is 55.3 Å². The predicted molar refractivity (Wildman–Crippen MR) is 131 cm³/mol. The van der Waals surface area contributed by atoms with Gasteiger partial charge in [-0.05, 0) is 60.9 Å². The Morgan fingerprint density at radius 3 is 2.14 bits per heavy atom. The molecule has 0 aromatic heterocycles. The molecule has 10 heteroatoms. The Balaban J connectivity index is 1.97. The molecule has 0 heterocycles. The average Bonchev–Trinajstić information content (AvgIpc) is 2.78. The van der Waals surface area contributed by atoms with Gasteiger partial charge in [-0.2, -0.15) is 13.2 Å². The second kappa shape index (κ2) is 10.3. The van der Waals surface area contributed by atoms with Crippen molar-refractivity contribution < 1.29 is 26.4 Å². The zero-order chi connectivity index (χ0) is 26.0. The first-order valence-corrected chi connectivity index (χ1v) is 12.5. The standard InChI is InChI=1S/C25H24ClF3N2O3S/c1-16(2)18-6-9-20(10-7-18)31(35(33,34)21-11-4-17(3)5-12-21)15-24(32)30-23-14-19(25(27,28)29)8-13-22(23)26/h4-14,16H,15H2,1-3H3,(H,30,32). The third kappa shape index (κ3) is 6.35. The smallest absolute Gasteiger partial charge is 0.323 e. The number of carbonyl (C=O) groups is 1. The summed E-state index contributed by atoms with van der Waals surface area (Å²) in [6.07, 6.45) is -4.64. The number of sulfonamides is 1. The van der Waals surface area contributed by atoms with E-state index in [4.69, 9.17) is 11.6 Å². The molecular weight excluding hydrogens is 501 g/mol. The summed E-state index contributed by atoms with van der Waals surface area (Å²) in [5.74, 6) is -0.646. The Morgan fingerprint density at radius 2 is 1.60 bits per heavy atom. The fraction of sp³-hybridized carbons (Fsp3) is 0.240. The van der Waals surface area contributed by atoms with Crippen LogP contribution >= 0.6 is 11.6 Å². The fourth-order valence-electron chi connectivity index (χ4n) is 3.30. The average molecular weight is 525 g/mol. The van der Waals surface area contributed by atoms with E-state index >= 15 is 0 Å². The van der Waals surface area contributed by atoms with Gasteiger partial charge in [-0.3, -0.25) is 9.10 Å². The molecule has 0 saturated heterocycles. The maximum atomic E-state index is 13.5.